The maximum absolute atomic E-state index is 9.46. The summed E-state index contributed by atoms with van der Waals surface area (Å²) in [4.78, 5) is 4.36. The first-order valence-electron chi connectivity index (χ1n) is 8.71. The Kier molecular flexibility index (Phi) is 6.34. The minimum atomic E-state index is 0.337. The van der Waals surface area contributed by atoms with Crippen LogP contribution in [0, 0.1) is 18.3 Å². The lowest BCUT2D eigenvalue weighted by Gasteiger charge is -2.09. The normalized spacial score (nSPS) is 10.6. The van der Waals surface area contributed by atoms with E-state index in [1.165, 1.54) is 0 Å². The summed E-state index contributed by atoms with van der Waals surface area (Å²) in [5.74, 6) is 1.88. The molecule has 0 fully saturated rings. The number of rotatable bonds is 7. The van der Waals surface area contributed by atoms with E-state index in [1.54, 1.807) is 13.3 Å². The number of nitrogens with zero attached hydrogens (tertiary/aromatic N) is 3. The predicted molar refractivity (Wildman–Crippen MR) is 109 cm³/mol. The zero-order valence-corrected chi connectivity index (χ0v) is 15.7. The molecule has 3 aromatic rings. The van der Waals surface area contributed by atoms with Crippen molar-refractivity contribution in [2.24, 2.45) is 5.10 Å². The van der Waals surface area contributed by atoms with Crippen LogP contribution in [0.3, 0.4) is 0 Å². The van der Waals surface area contributed by atoms with Crippen LogP contribution in [-0.4, -0.2) is 18.3 Å². The first-order valence-corrected chi connectivity index (χ1v) is 8.71. The molecule has 0 aliphatic rings. The fourth-order valence-electron chi connectivity index (χ4n) is 2.67. The highest BCUT2D eigenvalue weighted by Crippen LogP contribution is 2.22. The Labute approximate surface area is 164 Å². The van der Waals surface area contributed by atoms with Crippen LogP contribution in [0.4, 0.5) is 5.82 Å². The standard InChI is InChI=1S/C22H20N4O2/c1-16-11-18(15-27-2)21(13-23)22(25-16)26-24-14-17-7-6-10-20(12-17)28-19-8-4-3-5-9-19/h3-12,14H,15H2,1-2H3,(H,25,26). The van der Waals surface area contributed by atoms with Crippen molar-refractivity contribution in [1.82, 2.24) is 4.98 Å². The number of hydrogen-bond donors (Lipinski definition) is 1. The van der Waals surface area contributed by atoms with Gasteiger partial charge in [0.2, 0.25) is 0 Å². The number of para-hydroxylation sites is 1. The van der Waals surface area contributed by atoms with Crippen molar-refractivity contribution in [3.63, 3.8) is 0 Å². The van der Waals surface area contributed by atoms with Gasteiger partial charge in [0.15, 0.2) is 5.82 Å². The summed E-state index contributed by atoms with van der Waals surface area (Å²) < 4.78 is 11.0. The van der Waals surface area contributed by atoms with Crippen LogP contribution >= 0.6 is 0 Å². The topological polar surface area (TPSA) is 79.5 Å². The molecule has 3 rings (SSSR count). The van der Waals surface area contributed by atoms with Gasteiger partial charge in [-0.25, -0.2) is 4.98 Å². The second-order valence-corrected chi connectivity index (χ2v) is 6.05. The molecular weight excluding hydrogens is 352 g/mol. The van der Waals surface area contributed by atoms with Gasteiger partial charge in [-0.1, -0.05) is 30.3 Å². The molecule has 0 bridgehead atoms. The summed E-state index contributed by atoms with van der Waals surface area (Å²) in [6.45, 7) is 2.20. The highest BCUT2D eigenvalue weighted by molar-refractivity contribution is 5.81. The fraction of sp³-hybridized carbons (Fsp3) is 0.136. The molecule has 0 amide bonds. The zero-order chi connectivity index (χ0) is 19.8. The molecule has 0 saturated heterocycles. The molecule has 0 radical (unpaired) electrons. The van der Waals surface area contributed by atoms with Gasteiger partial charge in [-0.15, -0.1) is 0 Å². The summed E-state index contributed by atoms with van der Waals surface area (Å²) in [5.41, 5.74) is 5.69. The zero-order valence-electron chi connectivity index (χ0n) is 15.7. The third kappa shape index (κ3) is 4.93. The molecule has 1 aromatic heterocycles. The van der Waals surface area contributed by atoms with Crippen LogP contribution in [0.25, 0.3) is 0 Å². The predicted octanol–water partition coefficient (Wildman–Crippen LogP) is 4.65. The number of pyridine rings is 1. The van der Waals surface area contributed by atoms with Crippen molar-refractivity contribution < 1.29 is 9.47 Å². The monoisotopic (exact) mass is 372 g/mol. The number of aryl methyl sites for hydroxylation is 1. The van der Waals surface area contributed by atoms with E-state index in [9.17, 15) is 5.26 Å². The summed E-state index contributed by atoms with van der Waals surface area (Å²) in [7, 11) is 1.59. The van der Waals surface area contributed by atoms with Crippen molar-refractivity contribution in [2.45, 2.75) is 13.5 Å². The number of nitriles is 1. The molecule has 1 heterocycles. The summed E-state index contributed by atoms with van der Waals surface area (Å²) >= 11 is 0. The van der Waals surface area contributed by atoms with E-state index >= 15 is 0 Å². The van der Waals surface area contributed by atoms with Gasteiger partial charge in [0, 0.05) is 18.4 Å². The second kappa shape index (κ2) is 9.31. The van der Waals surface area contributed by atoms with Gasteiger partial charge < -0.3 is 9.47 Å². The first kappa shape index (κ1) is 19.1. The molecule has 0 spiro atoms. The van der Waals surface area contributed by atoms with Crippen molar-refractivity contribution in [1.29, 1.82) is 5.26 Å². The Bertz CT molecular complexity index is 1010. The van der Waals surface area contributed by atoms with Crippen molar-refractivity contribution in [3.8, 4) is 17.6 Å². The highest BCUT2D eigenvalue weighted by Gasteiger charge is 2.10. The maximum Gasteiger partial charge on any atom is 0.164 e. The Morgan fingerprint density at radius 3 is 2.64 bits per heavy atom. The molecule has 0 atom stereocenters. The lowest BCUT2D eigenvalue weighted by molar-refractivity contribution is 0.184. The quantitative estimate of drug-likeness (QED) is 0.482. The van der Waals surface area contributed by atoms with E-state index in [1.807, 2.05) is 67.6 Å². The van der Waals surface area contributed by atoms with E-state index in [2.05, 4.69) is 21.6 Å². The van der Waals surface area contributed by atoms with Crippen LogP contribution < -0.4 is 10.2 Å². The van der Waals surface area contributed by atoms with Crippen LogP contribution in [0.15, 0.2) is 65.8 Å². The Morgan fingerprint density at radius 1 is 1.11 bits per heavy atom. The number of methoxy groups -OCH3 is 1. The van der Waals surface area contributed by atoms with Crippen molar-refractivity contribution in [2.75, 3.05) is 12.5 Å². The molecule has 0 saturated carbocycles. The first-order chi connectivity index (χ1) is 13.7. The number of hydrazone groups is 1. The van der Waals surface area contributed by atoms with Crippen LogP contribution in [0.5, 0.6) is 11.5 Å². The van der Waals surface area contributed by atoms with E-state index in [0.29, 0.717) is 23.7 Å². The van der Waals surface area contributed by atoms with Crippen LogP contribution in [0.2, 0.25) is 0 Å². The van der Waals surface area contributed by atoms with E-state index in [-0.39, 0.29) is 0 Å². The molecule has 28 heavy (non-hydrogen) atoms. The Morgan fingerprint density at radius 2 is 1.89 bits per heavy atom. The lowest BCUT2D eigenvalue weighted by Crippen LogP contribution is -2.03. The molecule has 140 valence electrons. The molecule has 6 heteroatoms. The van der Waals surface area contributed by atoms with Gasteiger partial charge in [-0.05, 0) is 42.8 Å². The molecule has 6 nitrogen and oxygen atoms in total. The molecule has 1 N–H and O–H groups in total. The molecule has 2 aromatic carbocycles. The third-order valence-electron chi connectivity index (χ3n) is 3.86. The summed E-state index contributed by atoms with van der Waals surface area (Å²) in [5, 5.41) is 13.7. The smallest absolute Gasteiger partial charge is 0.164 e. The average molecular weight is 372 g/mol. The Hall–Kier alpha value is -3.69. The van der Waals surface area contributed by atoms with Gasteiger partial charge in [0.1, 0.15) is 23.1 Å². The largest absolute Gasteiger partial charge is 0.457 e. The number of hydrogen-bond acceptors (Lipinski definition) is 6. The van der Waals surface area contributed by atoms with Crippen LogP contribution in [-0.2, 0) is 11.3 Å². The third-order valence-corrected chi connectivity index (χ3v) is 3.86. The van der Waals surface area contributed by atoms with Crippen molar-refractivity contribution >= 4 is 12.0 Å². The second-order valence-electron chi connectivity index (χ2n) is 6.05. The lowest BCUT2D eigenvalue weighted by atomic mass is 10.1. The summed E-state index contributed by atoms with van der Waals surface area (Å²) in [6.07, 6.45) is 1.65. The number of aromatic nitrogens is 1. The molecular formula is C22H20N4O2. The molecule has 0 aliphatic carbocycles. The molecule has 0 aliphatic heterocycles. The Balaban J connectivity index is 1.75. The fourth-order valence-corrected chi connectivity index (χ4v) is 2.67. The minimum Gasteiger partial charge on any atom is -0.457 e. The molecule has 0 unspecified atom stereocenters. The van der Waals surface area contributed by atoms with E-state index in [4.69, 9.17) is 9.47 Å². The minimum absolute atomic E-state index is 0.337. The summed E-state index contributed by atoms with van der Waals surface area (Å²) in [6, 6.07) is 21.1. The van der Waals surface area contributed by atoms with E-state index < -0.39 is 0 Å². The maximum atomic E-state index is 9.46. The number of nitrogens with one attached hydrogen (secondary N) is 1. The van der Waals surface area contributed by atoms with Crippen LogP contribution in [0.1, 0.15) is 22.4 Å². The number of ether oxygens (including phenoxy) is 2. The number of anilines is 1. The van der Waals surface area contributed by atoms with Gasteiger partial charge in [-0.2, -0.15) is 10.4 Å². The van der Waals surface area contributed by atoms with Gasteiger partial charge in [-0.3, -0.25) is 5.43 Å². The average Bonchev–Trinajstić information content (AvgIpc) is 2.69. The highest BCUT2D eigenvalue weighted by atomic mass is 16.5. The van der Waals surface area contributed by atoms with Gasteiger partial charge in [0.05, 0.1) is 12.8 Å². The van der Waals surface area contributed by atoms with E-state index in [0.717, 1.165) is 22.6 Å². The van der Waals surface area contributed by atoms with Gasteiger partial charge in [0.25, 0.3) is 0 Å². The van der Waals surface area contributed by atoms with Gasteiger partial charge >= 0.3 is 0 Å². The van der Waals surface area contributed by atoms with Crippen molar-refractivity contribution in [3.05, 3.63) is 83.0 Å². The SMILES string of the molecule is COCc1cc(C)nc(NN=Cc2cccc(Oc3ccccc3)c2)c1C#N. The number of benzene rings is 2.